The molecule has 0 saturated heterocycles. The average Bonchev–Trinajstić information content (AvgIpc) is 2.89. The van der Waals surface area contributed by atoms with Crippen LogP contribution in [0.5, 0.6) is 0 Å². The summed E-state index contributed by atoms with van der Waals surface area (Å²) < 4.78 is 1.52. The fourth-order valence-electron chi connectivity index (χ4n) is 1.89. The fraction of sp³-hybridized carbons (Fsp3) is 0.357. The Morgan fingerprint density at radius 3 is 2.71 bits per heavy atom. The number of carboxylic acids is 1. The Kier molecular flexibility index (Phi) is 4.13. The Morgan fingerprint density at radius 2 is 2.19 bits per heavy atom. The molecule has 0 aliphatic heterocycles. The van der Waals surface area contributed by atoms with Gasteiger partial charge in [-0.25, -0.2) is 9.78 Å². The van der Waals surface area contributed by atoms with E-state index in [-0.39, 0.29) is 11.4 Å². The van der Waals surface area contributed by atoms with Gasteiger partial charge in [0.25, 0.3) is 5.56 Å². The number of hydrogen-bond acceptors (Lipinski definition) is 5. The molecule has 2 rings (SSSR count). The van der Waals surface area contributed by atoms with E-state index in [4.69, 9.17) is 0 Å². The molecule has 0 saturated carbocycles. The van der Waals surface area contributed by atoms with Crippen LogP contribution >= 0.6 is 11.3 Å². The summed E-state index contributed by atoms with van der Waals surface area (Å²) in [6.45, 7) is 5.68. The highest BCUT2D eigenvalue weighted by atomic mass is 32.1. The molecule has 0 aromatic carbocycles. The van der Waals surface area contributed by atoms with Gasteiger partial charge in [0.15, 0.2) is 11.9 Å². The number of aliphatic carboxylic acids is 1. The Balaban J connectivity index is 2.39. The zero-order valence-electron chi connectivity index (χ0n) is 12.0. The summed E-state index contributed by atoms with van der Waals surface area (Å²) in [4.78, 5) is 28.4. The number of carboxylic acid groups (broad SMARTS) is 1. The summed E-state index contributed by atoms with van der Waals surface area (Å²) in [6, 6.07) is 2.49. The third kappa shape index (κ3) is 3.30. The topological polar surface area (TPSA) is 84.2 Å². The predicted octanol–water partition coefficient (Wildman–Crippen LogP) is 2.30. The van der Waals surface area contributed by atoms with Gasteiger partial charge in [-0.1, -0.05) is 6.07 Å². The maximum Gasteiger partial charge on any atom is 0.331 e. The lowest BCUT2D eigenvalue weighted by molar-refractivity contribution is -0.138. The number of nitrogens with zero attached hydrogens (tertiary/aromatic N) is 2. The van der Waals surface area contributed by atoms with Crippen LogP contribution in [0.2, 0.25) is 0 Å². The van der Waals surface area contributed by atoms with Gasteiger partial charge in [0.1, 0.15) is 0 Å². The molecular formula is C14H17N3O3S. The highest BCUT2D eigenvalue weighted by molar-refractivity contribution is 7.10. The Labute approximate surface area is 126 Å². The van der Waals surface area contributed by atoms with Crippen LogP contribution in [-0.4, -0.2) is 20.6 Å². The van der Waals surface area contributed by atoms with Crippen molar-refractivity contribution >= 4 is 23.1 Å². The summed E-state index contributed by atoms with van der Waals surface area (Å²) in [7, 11) is 0. The molecule has 2 aromatic rings. The van der Waals surface area contributed by atoms with Gasteiger partial charge in [-0.15, -0.1) is 11.3 Å². The van der Waals surface area contributed by atoms with Crippen LogP contribution < -0.4 is 10.9 Å². The standard InChI is InChI=1S/C14H17N3O3S/c1-14(2,3)17-7-6-15-11(12(17)18)16-10(13(19)20)9-5-4-8-21-9/h4-8,10H,1-3H3,(H,15,16)(H,19,20). The molecule has 6 nitrogen and oxygen atoms in total. The number of anilines is 1. The first-order valence-corrected chi connectivity index (χ1v) is 7.29. The molecule has 0 aliphatic rings. The number of carbonyl (C=O) groups is 1. The second-order valence-corrected chi connectivity index (χ2v) is 6.53. The van der Waals surface area contributed by atoms with Crippen LogP contribution in [0.25, 0.3) is 0 Å². The molecule has 1 unspecified atom stereocenters. The van der Waals surface area contributed by atoms with Gasteiger partial charge in [0.05, 0.1) is 0 Å². The lowest BCUT2D eigenvalue weighted by Gasteiger charge is -2.23. The van der Waals surface area contributed by atoms with Gasteiger partial charge in [-0.2, -0.15) is 0 Å². The normalized spacial score (nSPS) is 12.9. The molecule has 0 amide bonds. The van der Waals surface area contributed by atoms with Gasteiger partial charge < -0.3 is 15.0 Å². The fourth-order valence-corrected chi connectivity index (χ4v) is 2.65. The van der Waals surface area contributed by atoms with Crippen molar-refractivity contribution in [3.8, 4) is 0 Å². The maximum atomic E-state index is 12.4. The summed E-state index contributed by atoms with van der Waals surface area (Å²) in [5.41, 5.74) is -0.745. The van der Waals surface area contributed by atoms with E-state index in [0.717, 1.165) is 0 Å². The highest BCUT2D eigenvalue weighted by Gasteiger charge is 2.24. The predicted molar refractivity (Wildman–Crippen MR) is 81.8 cm³/mol. The minimum atomic E-state index is -1.05. The lowest BCUT2D eigenvalue weighted by Crippen LogP contribution is -2.36. The zero-order valence-corrected chi connectivity index (χ0v) is 12.8. The Bertz CT molecular complexity index is 686. The second kappa shape index (κ2) is 5.69. The van der Waals surface area contributed by atoms with Crippen molar-refractivity contribution in [3.63, 3.8) is 0 Å². The molecule has 112 valence electrons. The van der Waals surface area contributed by atoms with Crippen LogP contribution in [0, 0.1) is 0 Å². The van der Waals surface area contributed by atoms with Gasteiger partial charge >= 0.3 is 5.97 Å². The molecule has 0 bridgehead atoms. The zero-order chi connectivity index (χ0) is 15.6. The first kappa shape index (κ1) is 15.2. The molecule has 2 aromatic heterocycles. The minimum Gasteiger partial charge on any atom is -0.479 e. The van der Waals surface area contributed by atoms with Crippen LogP contribution in [0.4, 0.5) is 5.82 Å². The van der Waals surface area contributed by atoms with E-state index in [9.17, 15) is 14.7 Å². The molecule has 1 atom stereocenters. The summed E-state index contributed by atoms with van der Waals surface area (Å²) in [5, 5.41) is 13.9. The van der Waals surface area contributed by atoms with E-state index in [1.807, 2.05) is 20.8 Å². The quantitative estimate of drug-likeness (QED) is 0.905. The van der Waals surface area contributed by atoms with E-state index in [2.05, 4.69) is 10.3 Å². The molecule has 21 heavy (non-hydrogen) atoms. The van der Waals surface area contributed by atoms with Gasteiger partial charge in [0.2, 0.25) is 0 Å². The van der Waals surface area contributed by atoms with Crippen molar-refractivity contribution in [2.75, 3.05) is 5.32 Å². The van der Waals surface area contributed by atoms with Crippen molar-refractivity contribution in [2.24, 2.45) is 0 Å². The summed E-state index contributed by atoms with van der Waals surface area (Å²) >= 11 is 1.31. The molecule has 2 N–H and O–H groups in total. The third-order valence-corrected chi connectivity index (χ3v) is 3.86. The van der Waals surface area contributed by atoms with E-state index in [1.165, 1.54) is 22.1 Å². The molecule has 0 spiro atoms. The van der Waals surface area contributed by atoms with Gasteiger partial charge in [0, 0.05) is 22.8 Å². The summed E-state index contributed by atoms with van der Waals surface area (Å²) in [6.07, 6.45) is 3.08. The van der Waals surface area contributed by atoms with Crippen LogP contribution in [-0.2, 0) is 10.3 Å². The Hall–Kier alpha value is -2.15. The molecule has 0 fully saturated rings. The second-order valence-electron chi connectivity index (χ2n) is 5.55. The number of nitrogens with one attached hydrogen (secondary N) is 1. The van der Waals surface area contributed by atoms with E-state index in [0.29, 0.717) is 4.88 Å². The van der Waals surface area contributed by atoms with Crippen molar-refractivity contribution in [1.82, 2.24) is 9.55 Å². The van der Waals surface area contributed by atoms with Crippen molar-refractivity contribution < 1.29 is 9.90 Å². The molecule has 2 heterocycles. The SMILES string of the molecule is CC(C)(C)n1ccnc(NC(C(=O)O)c2cccs2)c1=O. The van der Waals surface area contributed by atoms with E-state index >= 15 is 0 Å². The average molecular weight is 307 g/mol. The first-order chi connectivity index (χ1) is 9.80. The summed E-state index contributed by atoms with van der Waals surface area (Å²) in [5.74, 6) is -1.02. The molecule has 7 heteroatoms. The third-order valence-electron chi connectivity index (χ3n) is 2.92. The van der Waals surface area contributed by atoms with E-state index < -0.39 is 17.6 Å². The molecule has 0 aliphatic carbocycles. The van der Waals surface area contributed by atoms with Crippen molar-refractivity contribution in [2.45, 2.75) is 32.4 Å². The largest absolute Gasteiger partial charge is 0.479 e. The van der Waals surface area contributed by atoms with Crippen molar-refractivity contribution in [3.05, 3.63) is 45.1 Å². The maximum absolute atomic E-state index is 12.4. The lowest BCUT2D eigenvalue weighted by atomic mass is 10.1. The molecular weight excluding hydrogens is 290 g/mol. The number of hydrogen-bond donors (Lipinski definition) is 2. The minimum absolute atomic E-state index is 0.0354. The smallest absolute Gasteiger partial charge is 0.331 e. The van der Waals surface area contributed by atoms with Crippen LogP contribution in [0.1, 0.15) is 31.7 Å². The Morgan fingerprint density at radius 1 is 1.48 bits per heavy atom. The van der Waals surface area contributed by atoms with Crippen LogP contribution in [0.3, 0.4) is 0 Å². The van der Waals surface area contributed by atoms with Gasteiger partial charge in [-0.05, 0) is 32.2 Å². The highest BCUT2D eigenvalue weighted by Crippen LogP contribution is 2.22. The molecule has 0 radical (unpaired) electrons. The van der Waals surface area contributed by atoms with Crippen LogP contribution in [0.15, 0.2) is 34.7 Å². The number of rotatable bonds is 4. The number of thiophene rings is 1. The first-order valence-electron chi connectivity index (χ1n) is 6.41. The van der Waals surface area contributed by atoms with Gasteiger partial charge in [-0.3, -0.25) is 4.79 Å². The van der Waals surface area contributed by atoms with E-state index in [1.54, 1.807) is 23.7 Å². The van der Waals surface area contributed by atoms with Crippen molar-refractivity contribution in [1.29, 1.82) is 0 Å². The number of aromatic nitrogens is 2. The monoisotopic (exact) mass is 307 g/mol.